The summed E-state index contributed by atoms with van der Waals surface area (Å²) in [6, 6.07) is 7.39. The Kier molecular flexibility index (Phi) is 5.12. The van der Waals surface area contributed by atoms with Gasteiger partial charge in [0.05, 0.1) is 5.92 Å². The maximum absolute atomic E-state index is 12.1. The minimum absolute atomic E-state index is 0.0198. The number of aliphatic carboxylic acids is 1. The topological polar surface area (TPSA) is 78.4 Å². The lowest BCUT2D eigenvalue weighted by Gasteiger charge is -2.22. The van der Waals surface area contributed by atoms with E-state index in [1.165, 1.54) is 0 Å². The van der Waals surface area contributed by atoms with Crippen molar-refractivity contribution in [3.8, 4) is 0 Å². The fourth-order valence-electron chi connectivity index (χ4n) is 2.38. The standard InChI is InChI=1S/C15H20N2O3/c18-14(19)7-6-11-3-1-5-13(9-11)17-15(20)12-4-2-8-16-10-12/h1,3,5,9,12,16H,2,4,6-8,10H2,(H,17,20)(H,18,19). The van der Waals surface area contributed by atoms with E-state index >= 15 is 0 Å². The Morgan fingerprint density at radius 1 is 1.40 bits per heavy atom. The third-order valence-corrected chi connectivity index (χ3v) is 3.49. The number of amides is 1. The molecule has 0 radical (unpaired) electrons. The van der Waals surface area contributed by atoms with Crippen LogP contribution in [0.3, 0.4) is 0 Å². The van der Waals surface area contributed by atoms with E-state index in [1.54, 1.807) is 0 Å². The Labute approximate surface area is 118 Å². The molecule has 1 fully saturated rings. The van der Waals surface area contributed by atoms with Crippen LogP contribution in [0.5, 0.6) is 0 Å². The summed E-state index contributed by atoms with van der Waals surface area (Å²) in [7, 11) is 0. The molecule has 20 heavy (non-hydrogen) atoms. The van der Waals surface area contributed by atoms with Crippen LogP contribution >= 0.6 is 0 Å². The van der Waals surface area contributed by atoms with Gasteiger partial charge < -0.3 is 15.7 Å². The number of rotatable bonds is 5. The summed E-state index contributed by atoms with van der Waals surface area (Å²) in [6.07, 6.45) is 2.52. The normalized spacial score (nSPS) is 18.5. The van der Waals surface area contributed by atoms with E-state index in [-0.39, 0.29) is 18.2 Å². The van der Waals surface area contributed by atoms with E-state index in [4.69, 9.17) is 5.11 Å². The number of carbonyl (C=O) groups excluding carboxylic acids is 1. The van der Waals surface area contributed by atoms with E-state index in [1.807, 2.05) is 24.3 Å². The second-order valence-electron chi connectivity index (χ2n) is 5.13. The van der Waals surface area contributed by atoms with Crippen LogP contribution in [0.15, 0.2) is 24.3 Å². The molecule has 1 saturated heterocycles. The van der Waals surface area contributed by atoms with Crippen LogP contribution in [-0.2, 0) is 16.0 Å². The molecule has 5 heteroatoms. The molecule has 1 aromatic carbocycles. The van der Waals surface area contributed by atoms with Gasteiger partial charge in [-0.25, -0.2) is 0 Å². The van der Waals surface area contributed by atoms with Gasteiger partial charge in [-0.15, -0.1) is 0 Å². The number of nitrogens with one attached hydrogen (secondary N) is 2. The Morgan fingerprint density at radius 2 is 2.25 bits per heavy atom. The zero-order valence-electron chi connectivity index (χ0n) is 11.4. The number of piperidine rings is 1. The third kappa shape index (κ3) is 4.35. The number of carboxylic acids is 1. The molecule has 0 aromatic heterocycles. The van der Waals surface area contributed by atoms with Crippen molar-refractivity contribution >= 4 is 17.6 Å². The molecule has 1 unspecified atom stereocenters. The van der Waals surface area contributed by atoms with Gasteiger partial charge in [0.1, 0.15) is 0 Å². The highest BCUT2D eigenvalue weighted by Crippen LogP contribution is 2.16. The smallest absolute Gasteiger partial charge is 0.303 e. The summed E-state index contributed by atoms with van der Waals surface area (Å²) >= 11 is 0. The molecule has 1 heterocycles. The Morgan fingerprint density at radius 3 is 2.95 bits per heavy atom. The minimum Gasteiger partial charge on any atom is -0.481 e. The van der Waals surface area contributed by atoms with Gasteiger partial charge in [0.15, 0.2) is 0 Å². The summed E-state index contributed by atoms with van der Waals surface area (Å²) in [6.45, 7) is 1.71. The zero-order chi connectivity index (χ0) is 14.4. The number of anilines is 1. The van der Waals surface area contributed by atoms with Crippen LogP contribution in [0.4, 0.5) is 5.69 Å². The summed E-state index contributed by atoms with van der Waals surface area (Å²) in [4.78, 5) is 22.7. The van der Waals surface area contributed by atoms with Crippen molar-refractivity contribution in [2.75, 3.05) is 18.4 Å². The molecule has 1 amide bonds. The largest absolute Gasteiger partial charge is 0.481 e. The number of aryl methyl sites for hydroxylation is 1. The molecule has 3 N–H and O–H groups in total. The van der Waals surface area contributed by atoms with E-state index < -0.39 is 5.97 Å². The highest BCUT2D eigenvalue weighted by atomic mass is 16.4. The van der Waals surface area contributed by atoms with Gasteiger partial charge in [-0.05, 0) is 43.5 Å². The predicted molar refractivity (Wildman–Crippen MR) is 76.6 cm³/mol. The Bertz CT molecular complexity index is 482. The van der Waals surface area contributed by atoms with E-state index in [9.17, 15) is 9.59 Å². The van der Waals surface area contributed by atoms with Crippen LogP contribution in [-0.4, -0.2) is 30.1 Å². The fraction of sp³-hybridized carbons (Fsp3) is 0.467. The van der Waals surface area contributed by atoms with Crippen molar-refractivity contribution in [2.24, 2.45) is 5.92 Å². The lowest BCUT2D eigenvalue weighted by atomic mass is 9.98. The molecule has 0 saturated carbocycles. The average molecular weight is 276 g/mol. The Balaban J connectivity index is 1.93. The maximum Gasteiger partial charge on any atom is 0.303 e. The SMILES string of the molecule is O=C(O)CCc1cccc(NC(=O)C2CCCNC2)c1. The predicted octanol–water partition coefficient (Wildman–Crippen LogP) is 1.64. The van der Waals surface area contributed by atoms with E-state index in [0.29, 0.717) is 6.42 Å². The zero-order valence-corrected chi connectivity index (χ0v) is 11.4. The van der Waals surface area contributed by atoms with Crippen molar-refractivity contribution in [3.05, 3.63) is 29.8 Å². The molecular weight excluding hydrogens is 256 g/mol. The number of hydrogen-bond acceptors (Lipinski definition) is 3. The minimum atomic E-state index is -0.812. The second-order valence-corrected chi connectivity index (χ2v) is 5.13. The summed E-state index contributed by atoms with van der Waals surface area (Å²) < 4.78 is 0. The van der Waals surface area contributed by atoms with Gasteiger partial charge in [0, 0.05) is 18.7 Å². The highest BCUT2D eigenvalue weighted by molar-refractivity contribution is 5.92. The summed E-state index contributed by atoms with van der Waals surface area (Å²) in [5, 5.41) is 14.8. The molecule has 1 aromatic rings. The van der Waals surface area contributed by atoms with Crippen molar-refractivity contribution in [2.45, 2.75) is 25.7 Å². The van der Waals surface area contributed by atoms with E-state index in [0.717, 1.165) is 37.2 Å². The number of carboxylic acid groups (broad SMARTS) is 1. The molecular formula is C15H20N2O3. The van der Waals surface area contributed by atoms with Crippen LogP contribution < -0.4 is 10.6 Å². The second kappa shape index (κ2) is 7.05. The van der Waals surface area contributed by atoms with Crippen molar-refractivity contribution in [1.82, 2.24) is 5.32 Å². The molecule has 0 spiro atoms. The van der Waals surface area contributed by atoms with Crippen molar-refractivity contribution < 1.29 is 14.7 Å². The first-order valence-corrected chi connectivity index (χ1v) is 6.97. The van der Waals surface area contributed by atoms with Gasteiger partial charge in [-0.3, -0.25) is 9.59 Å². The van der Waals surface area contributed by atoms with E-state index in [2.05, 4.69) is 10.6 Å². The fourth-order valence-corrected chi connectivity index (χ4v) is 2.38. The quantitative estimate of drug-likeness (QED) is 0.764. The summed E-state index contributed by atoms with van der Waals surface area (Å²) in [5.41, 5.74) is 1.66. The number of benzene rings is 1. The van der Waals surface area contributed by atoms with Crippen molar-refractivity contribution in [3.63, 3.8) is 0 Å². The van der Waals surface area contributed by atoms with Gasteiger partial charge in [0.2, 0.25) is 5.91 Å². The lowest BCUT2D eigenvalue weighted by Crippen LogP contribution is -2.37. The average Bonchev–Trinajstić information content (AvgIpc) is 2.46. The van der Waals surface area contributed by atoms with Crippen LogP contribution in [0.2, 0.25) is 0 Å². The molecule has 5 nitrogen and oxygen atoms in total. The van der Waals surface area contributed by atoms with Crippen LogP contribution in [0.1, 0.15) is 24.8 Å². The summed E-state index contributed by atoms with van der Waals surface area (Å²) in [5.74, 6) is -0.758. The molecule has 1 atom stereocenters. The van der Waals surface area contributed by atoms with Gasteiger partial charge in [-0.2, -0.15) is 0 Å². The van der Waals surface area contributed by atoms with Crippen molar-refractivity contribution in [1.29, 1.82) is 0 Å². The lowest BCUT2D eigenvalue weighted by molar-refractivity contribution is -0.137. The van der Waals surface area contributed by atoms with Crippen LogP contribution in [0, 0.1) is 5.92 Å². The number of carbonyl (C=O) groups is 2. The molecule has 0 bridgehead atoms. The Hall–Kier alpha value is -1.88. The first-order valence-electron chi connectivity index (χ1n) is 6.97. The number of hydrogen-bond donors (Lipinski definition) is 3. The van der Waals surface area contributed by atoms with Gasteiger partial charge in [-0.1, -0.05) is 12.1 Å². The monoisotopic (exact) mass is 276 g/mol. The molecule has 0 aliphatic carbocycles. The first-order chi connectivity index (χ1) is 9.65. The molecule has 2 rings (SSSR count). The third-order valence-electron chi connectivity index (χ3n) is 3.49. The first kappa shape index (κ1) is 14.5. The van der Waals surface area contributed by atoms with Crippen LogP contribution in [0.25, 0.3) is 0 Å². The van der Waals surface area contributed by atoms with Gasteiger partial charge >= 0.3 is 5.97 Å². The van der Waals surface area contributed by atoms with Gasteiger partial charge in [0.25, 0.3) is 0 Å². The molecule has 1 aliphatic heterocycles. The maximum atomic E-state index is 12.1. The molecule has 108 valence electrons. The molecule has 1 aliphatic rings. The highest BCUT2D eigenvalue weighted by Gasteiger charge is 2.20.